The molecule has 0 radical (unpaired) electrons. The molecule has 2 unspecified atom stereocenters. The summed E-state index contributed by atoms with van der Waals surface area (Å²) in [6, 6.07) is 17.7. The largest absolute Gasteiger partial charge is 0.460 e. The molecule has 8 heteroatoms. The first-order valence-electron chi connectivity index (χ1n) is 14.9. The van der Waals surface area contributed by atoms with Crippen LogP contribution in [0.25, 0.3) is 0 Å². The van der Waals surface area contributed by atoms with Gasteiger partial charge in [0.25, 0.3) is 0 Å². The van der Waals surface area contributed by atoms with Crippen molar-refractivity contribution >= 4 is 23.6 Å². The molecule has 0 aliphatic rings. The van der Waals surface area contributed by atoms with E-state index in [9.17, 15) is 19.2 Å². The van der Waals surface area contributed by atoms with Gasteiger partial charge in [0.2, 0.25) is 11.8 Å². The predicted octanol–water partition coefficient (Wildman–Crippen LogP) is 5.63. The van der Waals surface area contributed by atoms with E-state index in [2.05, 4.69) is 45.3 Å². The highest BCUT2D eigenvalue weighted by atomic mass is 16.5. The molecular weight excluding hydrogens is 532 g/mol. The van der Waals surface area contributed by atoms with Gasteiger partial charge in [-0.25, -0.2) is 0 Å². The third-order valence-corrected chi connectivity index (χ3v) is 5.98. The molecule has 0 aliphatic carbocycles. The molecule has 2 rings (SSSR count). The van der Waals surface area contributed by atoms with Crippen LogP contribution in [0, 0.1) is 17.8 Å². The van der Waals surface area contributed by atoms with Crippen LogP contribution in [0.1, 0.15) is 78.4 Å². The number of ether oxygens (including phenoxy) is 2. The summed E-state index contributed by atoms with van der Waals surface area (Å²) < 4.78 is 10.9. The maximum Gasteiger partial charge on any atom is 0.316 e. The van der Waals surface area contributed by atoms with Gasteiger partial charge in [0, 0.05) is 6.42 Å². The Hall–Kier alpha value is -3.52. The van der Waals surface area contributed by atoms with Gasteiger partial charge in [-0.3, -0.25) is 19.2 Å². The van der Waals surface area contributed by atoms with Crippen molar-refractivity contribution in [3.05, 3.63) is 71.8 Å². The number of Topliss-reactive ketones (excluding diaryl/α,β-unsaturated/α-hetero) is 1. The number of hydrogen-bond donors (Lipinski definition) is 2. The van der Waals surface area contributed by atoms with Crippen molar-refractivity contribution < 1.29 is 28.7 Å². The van der Waals surface area contributed by atoms with E-state index in [0.717, 1.165) is 36.3 Å². The van der Waals surface area contributed by atoms with Crippen LogP contribution in [0.2, 0.25) is 0 Å². The summed E-state index contributed by atoms with van der Waals surface area (Å²) in [4.78, 5) is 50.2. The standard InChI is InChI=1S/C30H40N2O6.C4H10/c1-22(2)12-10-11-17-28(34)32-26(21-37-19-24-13-6-4-7-14-24)29(35)31-18-27(33)23(3)30(36)38-20-25-15-8-5-9-16-25;1-4(2)3/h4-9,13-16,22-23,26H,10-12,17-21H2,1-3H3,(H,31,35)(H,32,34);4H,1-3H3. The van der Waals surface area contributed by atoms with Crippen LogP contribution < -0.4 is 10.6 Å². The molecule has 0 saturated heterocycles. The molecule has 0 fully saturated rings. The summed E-state index contributed by atoms with van der Waals surface area (Å²) in [5.41, 5.74) is 1.75. The minimum Gasteiger partial charge on any atom is -0.460 e. The molecule has 8 nitrogen and oxygen atoms in total. The topological polar surface area (TPSA) is 111 Å². The van der Waals surface area contributed by atoms with Crippen LogP contribution in [-0.2, 0) is 41.9 Å². The van der Waals surface area contributed by atoms with E-state index >= 15 is 0 Å². The molecule has 232 valence electrons. The Morgan fingerprint density at radius 2 is 1.31 bits per heavy atom. The molecule has 0 heterocycles. The second-order valence-corrected chi connectivity index (χ2v) is 11.5. The molecule has 2 aromatic rings. The average Bonchev–Trinajstić information content (AvgIpc) is 2.96. The highest BCUT2D eigenvalue weighted by Crippen LogP contribution is 2.09. The fourth-order valence-corrected chi connectivity index (χ4v) is 3.59. The number of ketones is 1. The summed E-state index contributed by atoms with van der Waals surface area (Å²) in [5, 5.41) is 5.26. The maximum absolute atomic E-state index is 12.9. The van der Waals surface area contributed by atoms with Gasteiger partial charge in [0.15, 0.2) is 5.78 Å². The van der Waals surface area contributed by atoms with Gasteiger partial charge in [0.1, 0.15) is 18.6 Å². The van der Waals surface area contributed by atoms with Crippen LogP contribution >= 0.6 is 0 Å². The smallest absolute Gasteiger partial charge is 0.316 e. The Bertz CT molecular complexity index is 1050. The summed E-state index contributed by atoms with van der Waals surface area (Å²) >= 11 is 0. The van der Waals surface area contributed by atoms with Crippen molar-refractivity contribution in [1.29, 1.82) is 0 Å². The Kier molecular flexibility index (Phi) is 18.4. The predicted molar refractivity (Wildman–Crippen MR) is 165 cm³/mol. The molecule has 0 aromatic heterocycles. The van der Waals surface area contributed by atoms with Gasteiger partial charge in [-0.05, 0) is 36.3 Å². The van der Waals surface area contributed by atoms with Gasteiger partial charge >= 0.3 is 5.97 Å². The average molecular weight is 583 g/mol. The number of hydrogen-bond acceptors (Lipinski definition) is 6. The zero-order valence-electron chi connectivity index (χ0n) is 26.2. The fourth-order valence-electron chi connectivity index (χ4n) is 3.59. The molecule has 2 atom stereocenters. The van der Waals surface area contributed by atoms with Crippen LogP contribution in [0.15, 0.2) is 60.7 Å². The summed E-state index contributed by atoms with van der Waals surface area (Å²) in [6.07, 6.45) is 2.99. The van der Waals surface area contributed by atoms with E-state index in [1.54, 1.807) is 0 Å². The molecule has 0 aliphatic heterocycles. The van der Waals surface area contributed by atoms with Crippen molar-refractivity contribution in [2.45, 2.75) is 86.5 Å². The van der Waals surface area contributed by atoms with Crippen LogP contribution in [0.5, 0.6) is 0 Å². The normalized spacial score (nSPS) is 12.1. The van der Waals surface area contributed by atoms with E-state index in [0.29, 0.717) is 12.3 Å². The molecule has 0 saturated carbocycles. The van der Waals surface area contributed by atoms with Crippen molar-refractivity contribution in [3.8, 4) is 0 Å². The lowest BCUT2D eigenvalue weighted by molar-refractivity contribution is -0.152. The van der Waals surface area contributed by atoms with Gasteiger partial charge in [-0.15, -0.1) is 0 Å². The second-order valence-electron chi connectivity index (χ2n) is 11.5. The molecular formula is C34H50N2O6. The second kappa shape index (κ2) is 21.2. The molecule has 2 amide bonds. The van der Waals surface area contributed by atoms with E-state index in [4.69, 9.17) is 9.47 Å². The molecule has 0 spiro atoms. The lowest BCUT2D eigenvalue weighted by Crippen LogP contribution is -2.50. The van der Waals surface area contributed by atoms with Crippen molar-refractivity contribution in [2.75, 3.05) is 13.2 Å². The van der Waals surface area contributed by atoms with Crippen LogP contribution in [-0.4, -0.2) is 42.8 Å². The summed E-state index contributed by atoms with van der Waals surface area (Å²) in [7, 11) is 0. The maximum atomic E-state index is 12.9. The molecule has 2 N–H and O–H groups in total. The number of unbranched alkanes of at least 4 members (excludes halogenated alkanes) is 1. The third kappa shape index (κ3) is 17.3. The number of carbonyl (C=O) groups excluding carboxylic acids is 4. The van der Waals surface area contributed by atoms with Crippen molar-refractivity contribution in [3.63, 3.8) is 0 Å². The molecule has 42 heavy (non-hydrogen) atoms. The number of amides is 2. The minimum atomic E-state index is -1.04. The quantitative estimate of drug-likeness (QED) is 0.142. The summed E-state index contributed by atoms with van der Waals surface area (Å²) in [5.74, 6) is -1.58. The van der Waals surface area contributed by atoms with Gasteiger partial charge in [0.05, 0.1) is 19.8 Å². The number of benzene rings is 2. The first-order valence-corrected chi connectivity index (χ1v) is 14.9. The zero-order valence-corrected chi connectivity index (χ0v) is 26.2. The van der Waals surface area contributed by atoms with E-state index in [-0.39, 0.29) is 32.3 Å². The van der Waals surface area contributed by atoms with E-state index in [1.165, 1.54) is 6.92 Å². The lowest BCUT2D eigenvalue weighted by atomic mass is 10.1. The highest BCUT2D eigenvalue weighted by Gasteiger charge is 2.26. The Balaban J connectivity index is 0.00000206. The Labute approximate surface area is 251 Å². The van der Waals surface area contributed by atoms with Gasteiger partial charge in [-0.2, -0.15) is 0 Å². The molecule has 2 aromatic carbocycles. The monoisotopic (exact) mass is 582 g/mol. The first-order chi connectivity index (χ1) is 20.0. The number of esters is 1. The van der Waals surface area contributed by atoms with Gasteiger partial charge in [-0.1, -0.05) is 108 Å². The SMILES string of the molecule is CC(C)C.CC(C)CCCCC(=O)NC(COCc1ccccc1)C(=O)NCC(=O)C(C)C(=O)OCc1ccccc1. The number of rotatable bonds is 17. The third-order valence-electron chi connectivity index (χ3n) is 5.98. The Morgan fingerprint density at radius 1 is 0.762 bits per heavy atom. The summed E-state index contributed by atoms with van der Waals surface area (Å²) in [6.45, 7) is 12.1. The number of carbonyl (C=O) groups is 4. The number of nitrogens with one attached hydrogen (secondary N) is 2. The molecule has 0 bridgehead atoms. The van der Waals surface area contributed by atoms with Crippen molar-refractivity contribution in [1.82, 2.24) is 10.6 Å². The van der Waals surface area contributed by atoms with Crippen molar-refractivity contribution in [2.24, 2.45) is 17.8 Å². The Morgan fingerprint density at radius 3 is 1.86 bits per heavy atom. The van der Waals surface area contributed by atoms with Crippen LogP contribution in [0.4, 0.5) is 0 Å². The lowest BCUT2D eigenvalue weighted by Gasteiger charge is -2.19. The zero-order chi connectivity index (χ0) is 31.3. The fraction of sp³-hybridized carbons (Fsp3) is 0.529. The van der Waals surface area contributed by atoms with Gasteiger partial charge < -0.3 is 20.1 Å². The minimum absolute atomic E-state index is 0.0542. The van der Waals surface area contributed by atoms with Crippen LogP contribution in [0.3, 0.4) is 0 Å². The van der Waals surface area contributed by atoms with E-state index in [1.807, 2.05) is 60.7 Å². The van der Waals surface area contributed by atoms with E-state index < -0.39 is 29.6 Å². The first kappa shape index (κ1) is 36.5. The highest BCUT2D eigenvalue weighted by molar-refractivity contribution is 6.01.